The van der Waals surface area contributed by atoms with Crippen LogP contribution in [0.4, 0.5) is 10.2 Å². The third-order valence-corrected chi connectivity index (χ3v) is 2.82. The summed E-state index contributed by atoms with van der Waals surface area (Å²) in [6.07, 6.45) is 1.87. The lowest BCUT2D eigenvalue weighted by Crippen LogP contribution is -2.02. The smallest absolute Gasteiger partial charge is 0.225 e. The number of halogens is 1. The number of ether oxygens (including phenoxy) is 1. The standard InChI is InChI=1S/C13H14FN3OS/c1-3-15-11-8-12(17-13(16-11)19-2)18-10-7-5-4-6-9(10)14/h4-8H,3H2,1-2H3,(H,15,16,17). The first-order valence-electron chi connectivity index (χ1n) is 5.82. The first-order valence-corrected chi connectivity index (χ1v) is 7.04. The summed E-state index contributed by atoms with van der Waals surface area (Å²) in [5.41, 5.74) is 0. The van der Waals surface area contributed by atoms with Crippen molar-refractivity contribution in [2.45, 2.75) is 12.1 Å². The summed E-state index contributed by atoms with van der Waals surface area (Å²) in [6.45, 7) is 2.71. The maximum Gasteiger partial charge on any atom is 0.225 e. The van der Waals surface area contributed by atoms with Crippen LogP contribution in [0.3, 0.4) is 0 Å². The molecule has 0 atom stereocenters. The van der Waals surface area contributed by atoms with Crippen LogP contribution in [0.5, 0.6) is 11.6 Å². The van der Waals surface area contributed by atoms with E-state index < -0.39 is 5.82 Å². The maximum absolute atomic E-state index is 13.5. The number of nitrogens with one attached hydrogen (secondary N) is 1. The fourth-order valence-corrected chi connectivity index (χ4v) is 1.83. The Morgan fingerprint density at radius 3 is 2.79 bits per heavy atom. The maximum atomic E-state index is 13.5. The second-order valence-corrected chi connectivity index (χ2v) is 4.41. The van der Waals surface area contributed by atoms with Crippen molar-refractivity contribution in [3.8, 4) is 11.6 Å². The molecule has 0 spiro atoms. The van der Waals surface area contributed by atoms with Gasteiger partial charge in [-0.25, -0.2) is 9.37 Å². The molecule has 1 aromatic heterocycles. The SMILES string of the molecule is CCNc1cc(Oc2ccccc2F)nc(SC)n1. The molecular formula is C13H14FN3OS. The average molecular weight is 279 g/mol. The fraction of sp³-hybridized carbons (Fsp3) is 0.231. The third-order valence-electron chi connectivity index (χ3n) is 2.27. The van der Waals surface area contributed by atoms with Gasteiger partial charge in [-0.2, -0.15) is 4.98 Å². The van der Waals surface area contributed by atoms with E-state index >= 15 is 0 Å². The molecule has 1 aromatic carbocycles. The molecule has 6 heteroatoms. The zero-order valence-corrected chi connectivity index (χ0v) is 11.5. The molecule has 0 radical (unpaired) electrons. The van der Waals surface area contributed by atoms with E-state index in [-0.39, 0.29) is 5.75 Å². The molecule has 4 nitrogen and oxygen atoms in total. The lowest BCUT2D eigenvalue weighted by molar-refractivity contribution is 0.422. The van der Waals surface area contributed by atoms with Crippen LogP contribution in [0.15, 0.2) is 35.5 Å². The van der Waals surface area contributed by atoms with Gasteiger partial charge >= 0.3 is 0 Å². The molecule has 0 saturated heterocycles. The van der Waals surface area contributed by atoms with Gasteiger partial charge in [-0.15, -0.1) is 0 Å². The van der Waals surface area contributed by atoms with Crippen LogP contribution in [0.2, 0.25) is 0 Å². The number of thioether (sulfide) groups is 1. The first-order chi connectivity index (χ1) is 9.22. The van der Waals surface area contributed by atoms with Crippen LogP contribution in [-0.2, 0) is 0 Å². The molecule has 0 unspecified atom stereocenters. The van der Waals surface area contributed by atoms with Crippen LogP contribution in [0.1, 0.15) is 6.92 Å². The number of para-hydroxylation sites is 1. The van der Waals surface area contributed by atoms with Crippen LogP contribution in [0, 0.1) is 5.82 Å². The molecule has 100 valence electrons. The van der Waals surface area contributed by atoms with Crippen molar-refractivity contribution in [3.63, 3.8) is 0 Å². The van der Waals surface area contributed by atoms with Gasteiger partial charge in [-0.05, 0) is 25.3 Å². The quantitative estimate of drug-likeness (QED) is 0.670. The van der Waals surface area contributed by atoms with E-state index in [0.717, 1.165) is 6.54 Å². The molecule has 19 heavy (non-hydrogen) atoms. The minimum absolute atomic E-state index is 0.149. The number of rotatable bonds is 5. The Hall–Kier alpha value is -1.82. The van der Waals surface area contributed by atoms with Gasteiger partial charge in [0.2, 0.25) is 5.88 Å². The Morgan fingerprint density at radius 1 is 1.32 bits per heavy atom. The second kappa shape index (κ2) is 6.38. The van der Waals surface area contributed by atoms with E-state index in [1.54, 1.807) is 24.3 Å². The minimum atomic E-state index is -0.420. The number of hydrogen-bond acceptors (Lipinski definition) is 5. The molecular weight excluding hydrogens is 265 g/mol. The van der Waals surface area contributed by atoms with Gasteiger partial charge in [0, 0.05) is 12.6 Å². The van der Waals surface area contributed by atoms with Crippen molar-refractivity contribution in [1.82, 2.24) is 9.97 Å². The summed E-state index contributed by atoms with van der Waals surface area (Å²) in [5.74, 6) is 0.709. The van der Waals surface area contributed by atoms with Crippen molar-refractivity contribution in [3.05, 3.63) is 36.1 Å². The van der Waals surface area contributed by atoms with Crippen LogP contribution in [-0.4, -0.2) is 22.8 Å². The van der Waals surface area contributed by atoms with E-state index in [0.29, 0.717) is 16.9 Å². The number of nitrogens with zero attached hydrogens (tertiary/aromatic N) is 2. The summed E-state index contributed by atoms with van der Waals surface area (Å²) < 4.78 is 19.0. The minimum Gasteiger partial charge on any atom is -0.436 e. The molecule has 2 rings (SSSR count). The van der Waals surface area contributed by atoms with Crippen LogP contribution < -0.4 is 10.1 Å². The zero-order chi connectivity index (χ0) is 13.7. The molecule has 0 saturated carbocycles. The van der Waals surface area contributed by atoms with Gasteiger partial charge in [0.1, 0.15) is 5.82 Å². The Bertz CT molecular complexity index is 565. The molecule has 0 aliphatic rings. The Labute approximate surface area is 115 Å². The lowest BCUT2D eigenvalue weighted by atomic mass is 10.3. The highest BCUT2D eigenvalue weighted by Crippen LogP contribution is 2.25. The highest BCUT2D eigenvalue weighted by molar-refractivity contribution is 7.98. The summed E-state index contributed by atoms with van der Waals surface area (Å²) in [6, 6.07) is 7.87. The van der Waals surface area contributed by atoms with Gasteiger partial charge in [-0.1, -0.05) is 23.9 Å². The average Bonchev–Trinajstić information content (AvgIpc) is 2.41. The molecule has 0 aliphatic heterocycles. The van der Waals surface area contributed by atoms with Gasteiger partial charge in [0.05, 0.1) is 0 Å². The lowest BCUT2D eigenvalue weighted by Gasteiger charge is -2.09. The van der Waals surface area contributed by atoms with Gasteiger partial charge in [0.15, 0.2) is 16.7 Å². The Morgan fingerprint density at radius 2 is 2.11 bits per heavy atom. The molecule has 1 N–H and O–H groups in total. The number of benzene rings is 1. The molecule has 1 heterocycles. The zero-order valence-electron chi connectivity index (χ0n) is 10.7. The van der Waals surface area contributed by atoms with Gasteiger partial charge in [0.25, 0.3) is 0 Å². The fourth-order valence-electron chi connectivity index (χ4n) is 1.46. The Kier molecular flexibility index (Phi) is 4.57. The predicted molar refractivity (Wildman–Crippen MR) is 74.5 cm³/mol. The van der Waals surface area contributed by atoms with Crippen molar-refractivity contribution < 1.29 is 9.13 Å². The summed E-state index contributed by atoms with van der Waals surface area (Å²) >= 11 is 1.40. The van der Waals surface area contributed by atoms with Crippen LogP contribution >= 0.6 is 11.8 Å². The second-order valence-electron chi connectivity index (χ2n) is 3.64. The topological polar surface area (TPSA) is 47.0 Å². The van der Waals surface area contributed by atoms with E-state index in [2.05, 4.69) is 15.3 Å². The highest BCUT2D eigenvalue weighted by Gasteiger charge is 2.08. The highest BCUT2D eigenvalue weighted by atomic mass is 32.2. The largest absolute Gasteiger partial charge is 0.436 e. The normalized spacial score (nSPS) is 10.3. The Balaban J connectivity index is 2.29. The summed E-state index contributed by atoms with van der Waals surface area (Å²) in [5, 5.41) is 3.66. The van der Waals surface area contributed by atoms with Crippen molar-refractivity contribution in [2.24, 2.45) is 0 Å². The van der Waals surface area contributed by atoms with Crippen LogP contribution in [0.25, 0.3) is 0 Å². The molecule has 0 fully saturated rings. The van der Waals surface area contributed by atoms with Crippen molar-refractivity contribution >= 4 is 17.6 Å². The van der Waals surface area contributed by atoms with E-state index in [9.17, 15) is 4.39 Å². The molecule has 0 amide bonds. The van der Waals surface area contributed by atoms with Gasteiger partial charge < -0.3 is 10.1 Å². The van der Waals surface area contributed by atoms with E-state index in [1.807, 2.05) is 13.2 Å². The number of hydrogen-bond donors (Lipinski definition) is 1. The molecule has 0 aliphatic carbocycles. The summed E-state index contributed by atoms with van der Waals surface area (Å²) in [7, 11) is 0. The third kappa shape index (κ3) is 3.57. The summed E-state index contributed by atoms with van der Waals surface area (Å²) in [4.78, 5) is 8.47. The van der Waals surface area contributed by atoms with Crippen molar-refractivity contribution in [1.29, 1.82) is 0 Å². The molecule has 0 bridgehead atoms. The predicted octanol–water partition coefficient (Wildman–Crippen LogP) is 3.56. The number of anilines is 1. The molecule has 2 aromatic rings. The number of aromatic nitrogens is 2. The monoisotopic (exact) mass is 279 g/mol. The van der Waals surface area contributed by atoms with E-state index in [4.69, 9.17) is 4.74 Å². The van der Waals surface area contributed by atoms with Crippen molar-refractivity contribution in [2.75, 3.05) is 18.1 Å². The first kappa shape index (κ1) is 13.6. The van der Waals surface area contributed by atoms with E-state index in [1.165, 1.54) is 17.8 Å². The van der Waals surface area contributed by atoms with Gasteiger partial charge in [-0.3, -0.25) is 0 Å².